The predicted molar refractivity (Wildman–Crippen MR) is 524 cm³/mol. The summed E-state index contributed by atoms with van der Waals surface area (Å²) in [6.45, 7) is 13.8. The van der Waals surface area contributed by atoms with Crippen LogP contribution in [0.4, 0.5) is 0 Å². The topological polar surface area (TPSA) is 296 Å². The van der Waals surface area contributed by atoms with E-state index in [1.54, 1.807) is 136 Å². The van der Waals surface area contributed by atoms with Crippen molar-refractivity contribution in [2.45, 2.75) is 48.5 Å². The van der Waals surface area contributed by atoms with Gasteiger partial charge in [0.05, 0.1) is 51.2 Å². The molecule has 18 aromatic heterocycles. The summed E-state index contributed by atoms with van der Waals surface area (Å²) >= 11 is 0. The molecule has 3 aromatic carbocycles. The van der Waals surface area contributed by atoms with Crippen LogP contribution in [0.3, 0.4) is 0 Å². The summed E-state index contributed by atoms with van der Waals surface area (Å²) in [5.74, 6) is 4.24. The average molecular weight is 1730 g/mol. The molecule has 21 rings (SSSR count). The number of pyridine rings is 14. The van der Waals surface area contributed by atoms with Gasteiger partial charge in [-0.05, 0) is 264 Å². The van der Waals surface area contributed by atoms with Crippen molar-refractivity contribution >= 4 is 0 Å². The highest BCUT2D eigenvalue weighted by atomic mass is 15.0. The van der Waals surface area contributed by atoms with Crippen molar-refractivity contribution in [1.29, 1.82) is 0 Å². The lowest BCUT2D eigenvalue weighted by Crippen LogP contribution is -1.99. The van der Waals surface area contributed by atoms with Crippen molar-refractivity contribution in [1.82, 2.24) is 115 Å². The van der Waals surface area contributed by atoms with Gasteiger partial charge in [-0.1, -0.05) is 91.0 Å². The maximum atomic E-state index is 4.75. The lowest BCUT2D eigenvalue weighted by Gasteiger charge is -2.07. The van der Waals surface area contributed by atoms with Crippen LogP contribution in [0.2, 0.25) is 0 Å². The monoisotopic (exact) mass is 1730 g/mol. The SMILES string of the molecule is Cc1cc(-c2ccccc2)cc(-c2ccncc2)n1.Cc1cc(-c2ccccc2)nc(-c2ccncc2)c1.Cc1cc(-c2ccncc2)cc(-c2ccncc2)n1.Cc1cc(-c2ccncc2)nc(-c2ccncc2)n1.Cc1nc(-c2ccccc2)cc(-c2ccncc2)n1.Cc1nc(-c2ccncc2)cc(-c2ccncc2)n1.Cc1nc(-c2ccncc2)nc(-c2ccncc2)n1. The predicted octanol–water partition coefficient (Wildman–Crippen LogP) is 23.4. The quantitative estimate of drug-likeness (QED) is 0.0977. The van der Waals surface area contributed by atoms with Gasteiger partial charge < -0.3 is 0 Å². The van der Waals surface area contributed by atoms with Crippen molar-refractivity contribution in [2.24, 2.45) is 0 Å². The number of aromatic nitrogens is 23. The van der Waals surface area contributed by atoms with E-state index < -0.39 is 0 Å². The van der Waals surface area contributed by atoms with Crippen molar-refractivity contribution in [3.8, 4) is 158 Å². The van der Waals surface area contributed by atoms with Gasteiger partial charge in [0.15, 0.2) is 17.5 Å². The molecule has 0 amide bonds. The standard InChI is InChI=1S/2C17H14N2.2C16H13N3.2C15H12N4.C14H11N5/c1-13-11-16(14-5-3-2-4-6-14)12-17(19-13)15-7-9-18-10-8-15;1-13-11-16(14-5-3-2-4-6-14)19-17(12-13)15-7-9-18-10-8-15;1-12-10-15(13-2-6-17-7-3-13)11-16(19-12)14-4-8-18-9-5-14;1-12-18-15(13-5-3-2-4-6-13)11-16(19-12)14-7-9-17-10-8-14;1-11-18-14(12-2-6-16-7-3-12)10-15(19-11)13-4-8-17-9-5-13;1-11-10-14(12-2-6-16-7-3-12)19-15(18-11)13-4-8-17-9-5-13;1-10-17-13(11-2-6-15-7-3-11)19-14(18-10)12-4-8-16-9-5-12/h2*2-12H,1H3;2*2-11H,1H3;2*2-10H,1H3;2-9H,1H3. The van der Waals surface area contributed by atoms with Crippen molar-refractivity contribution in [2.75, 3.05) is 0 Å². The summed E-state index contributed by atoms with van der Waals surface area (Å²) in [4.78, 5) is 98.5. The minimum Gasteiger partial charge on any atom is -0.265 e. The van der Waals surface area contributed by atoms with Gasteiger partial charge in [-0.25, -0.2) is 49.8 Å². The largest absolute Gasteiger partial charge is 0.265 e. The smallest absolute Gasteiger partial charge is 0.163 e. The van der Waals surface area contributed by atoms with Crippen molar-refractivity contribution in [3.63, 3.8) is 0 Å². The first kappa shape index (κ1) is 89.8. The fourth-order valence-electron chi connectivity index (χ4n) is 13.8. The van der Waals surface area contributed by atoms with Crippen LogP contribution in [0.5, 0.6) is 0 Å². The molecule has 0 aliphatic heterocycles. The van der Waals surface area contributed by atoms with Crippen LogP contribution >= 0.6 is 0 Å². The summed E-state index contributed by atoms with van der Waals surface area (Å²) in [5.41, 5.74) is 29.9. The zero-order chi connectivity index (χ0) is 91.6. The summed E-state index contributed by atoms with van der Waals surface area (Å²) in [7, 11) is 0. The normalized spacial score (nSPS) is 10.4. The molecule has 0 unspecified atom stereocenters. The molecule has 0 saturated heterocycles. The zero-order valence-corrected chi connectivity index (χ0v) is 74.0. The zero-order valence-electron chi connectivity index (χ0n) is 74.0. The molecular formula is C110H89N23. The molecule has 0 saturated carbocycles. The van der Waals surface area contributed by atoms with E-state index in [1.165, 1.54) is 16.7 Å². The number of aryl methyl sites for hydroxylation is 7. The second-order valence-corrected chi connectivity index (χ2v) is 30.0. The van der Waals surface area contributed by atoms with E-state index in [9.17, 15) is 0 Å². The molecule has 0 spiro atoms. The first-order valence-electron chi connectivity index (χ1n) is 42.7. The number of nitrogens with zero attached hydrogens (tertiary/aromatic N) is 23. The van der Waals surface area contributed by atoms with Gasteiger partial charge >= 0.3 is 0 Å². The Morgan fingerprint density at radius 1 is 0.128 bits per heavy atom. The fraction of sp³-hybridized carbons (Fsp3) is 0.0636. The van der Waals surface area contributed by atoms with Crippen LogP contribution in [0, 0.1) is 48.5 Å². The van der Waals surface area contributed by atoms with Crippen molar-refractivity contribution in [3.05, 3.63) is 456 Å². The molecule has 133 heavy (non-hydrogen) atoms. The summed E-state index contributed by atoms with van der Waals surface area (Å²) in [6.07, 6.45) is 38.8. The van der Waals surface area contributed by atoms with Gasteiger partial charge in [0.25, 0.3) is 0 Å². The van der Waals surface area contributed by atoms with Gasteiger partial charge in [-0.15, -0.1) is 0 Å². The summed E-state index contributed by atoms with van der Waals surface area (Å²) in [6, 6.07) is 92.1. The highest BCUT2D eigenvalue weighted by molar-refractivity contribution is 5.75. The third-order valence-electron chi connectivity index (χ3n) is 20.1. The van der Waals surface area contributed by atoms with E-state index >= 15 is 0 Å². The van der Waals surface area contributed by atoms with Crippen LogP contribution < -0.4 is 0 Å². The Labute approximate surface area is 771 Å². The molecule has 23 nitrogen and oxygen atoms in total. The highest BCUT2D eigenvalue weighted by Crippen LogP contribution is 2.32. The lowest BCUT2D eigenvalue weighted by atomic mass is 10.0. The second kappa shape index (κ2) is 46.0. The third kappa shape index (κ3) is 26.1. The van der Waals surface area contributed by atoms with Gasteiger partial charge in [0.2, 0.25) is 0 Å². The molecule has 0 bridgehead atoms. The molecule has 23 heteroatoms. The van der Waals surface area contributed by atoms with Crippen LogP contribution in [-0.2, 0) is 0 Å². The van der Waals surface area contributed by atoms with Gasteiger partial charge in [0.1, 0.15) is 17.5 Å². The second-order valence-electron chi connectivity index (χ2n) is 30.0. The molecule has 0 fully saturated rings. The minimum atomic E-state index is 0.654. The Bertz CT molecular complexity index is 5580. The summed E-state index contributed by atoms with van der Waals surface area (Å²) < 4.78 is 0. The molecule has 0 atom stereocenters. The Morgan fingerprint density at radius 3 is 0.617 bits per heavy atom. The van der Waals surface area contributed by atoms with E-state index in [4.69, 9.17) is 4.98 Å². The Balaban J connectivity index is 0.000000118. The molecule has 0 radical (unpaired) electrons. The number of benzene rings is 3. The maximum absolute atomic E-state index is 4.75. The molecule has 18 heterocycles. The fourth-order valence-corrected chi connectivity index (χ4v) is 13.8. The minimum absolute atomic E-state index is 0.654. The Kier molecular flexibility index (Phi) is 31.0. The van der Waals surface area contributed by atoms with Crippen LogP contribution in [-0.4, -0.2) is 115 Å². The number of hydrogen-bond donors (Lipinski definition) is 0. The van der Waals surface area contributed by atoms with E-state index in [1.807, 2.05) is 236 Å². The lowest BCUT2D eigenvalue weighted by molar-refractivity contribution is 0.990. The Hall–Kier alpha value is -18.0. The molecule has 0 N–H and O–H groups in total. The highest BCUT2D eigenvalue weighted by Gasteiger charge is 2.15. The van der Waals surface area contributed by atoms with Crippen LogP contribution in [0.25, 0.3) is 158 Å². The number of rotatable bonds is 14. The third-order valence-corrected chi connectivity index (χ3v) is 20.1. The van der Waals surface area contributed by atoms with Gasteiger partial charge in [0, 0.05) is 220 Å². The first-order chi connectivity index (χ1) is 65.3. The van der Waals surface area contributed by atoms with Gasteiger partial charge in [-0.3, -0.25) is 64.8 Å². The van der Waals surface area contributed by atoms with Crippen molar-refractivity contribution < 1.29 is 0 Å². The van der Waals surface area contributed by atoms with Crippen LogP contribution in [0.15, 0.2) is 415 Å². The van der Waals surface area contributed by atoms with E-state index in [0.717, 1.165) is 158 Å². The molecule has 644 valence electrons. The van der Waals surface area contributed by atoms with E-state index in [0.29, 0.717) is 23.3 Å². The van der Waals surface area contributed by atoms with Gasteiger partial charge in [-0.2, -0.15) is 0 Å². The Morgan fingerprint density at radius 2 is 0.331 bits per heavy atom. The molecule has 0 aliphatic carbocycles. The van der Waals surface area contributed by atoms with E-state index in [-0.39, 0.29) is 0 Å². The van der Waals surface area contributed by atoms with E-state index in [2.05, 4.69) is 202 Å². The average Bonchev–Trinajstić information content (AvgIpc) is 0.855. The van der Waals surface area contributed by atoms with Crippen LogP contribution in [0.1, 0.15) is 40.1 Å². The molecule has 21 aromatic rings. The summed E-state index contributed by atoms with van der Waals surface area (Å²) in [5, 5.41) is 0. The number of hydrogen-bond acceptors (Lipinski definition) is 23. The first-order valence-corrected chi connectivity index (χ1v) is 42.7. The maximum Gasteiger partial charge on any atom is 0.163 e. The molecular weight excluding hydrogens is 1640 g/mol. The molecule has 0 aliphatic rings.